The summed E-state index contributed by atoms with van der Waals surface area (Å²) >= 11 is 6.19. The van der Waals surface area contributed by atoms with E-state index in [0.29, 0.717) is 34.0 Å². The molecule has 0 N–H and O–H groups in total. The van der Waals surface area contributed by atoms with Gasteiger partial charge in [0.25, 0.3) is 5.56 Å². The molecule has 0 aliphatic carbocycles. The molecule has 2 heterocycles. The summed E-state index contributed by atoms with van der Waals surface area (Å²) in [5.74, 6) is 0.656. The Hall–Kier alpha value is -3.77. The van der Waals surface area contributed by atoms with Crippen LogP contribution in [0.2, 0.25) is 5.02 Å². The summed E-state index contributed by atoms with van der Waals surface area (Å²) < 4.78 is 10.1. The number of hydrogen-bond donors (Lipinski definition) is 0. The van der Waals surface area contributed by atoms with Crippen molar-refractivity contribution in [1.82, 2.24) is 13.7 Å². The molecule has 0 aliphatic heterocycles. The summed E-state index contributed by atoms with van der Waals surface area (Å²) in [5.41, 5.74) is 3.54. The van der Waals surface area contributed by atoms with Gasteiger partial charge in [-0.15, -0.1) is 0 Å². The molecule has 2 aromatic heterocycles. The second kappa shape index (κ2) is 7.98. The Kier molecular flexibility index (Phi) is 5.10. The molecule has 0 saturated carbocycles. The molecule has 166 valence electrons. The number of benzene rings is 3. The Bertz CT molecular complexity index is 1660. The van der Waals surface area contributed by atoms with E-state index in [1.165, 1.54) is 4.57 Å². The van der Waals surface area contributed by atoms with Crippen LogP contribution >= 0.6 is 11.6 Å². The molecule has 0 fully saturated rings. The number of rotatable bonds is 4. The van der Waals surface area contributed by atoms with Crippen molar-refractivity contribution < 1.29 is 4.74 Å². The van der Waals surface area contributed by atoms with Crippen molar-refractivity contribution in [3.63, 3.8) is 0 Å². The standard InChI is InChI=1S/C26H22ClN3O3/c1-16-7-4-5-8-17(16)15-29-23-21-14-20(33-3)11-12-22(21)28(2)24(23)25(31)30(26(29)32)19-10-6-9-18(27)13-19/h4-14H,15H2,1-3H3. The van der Waals surface area contributed by atoms with Crippen LogP contribution in [0, 0.1) is 6.92 Å². The lowest BCUT2D eigenvalue weighted by Crippen LogP contribution is -2.39. The topological polar surface area (TPSA) is 58.2 Å². The van der Waals surface area contributed by atoms with E-state index in [9.17, 15) is 9.59 Å². The summed E-state index contributed by atoms with van der Waals surface area (Å²) in [6.45, 7) is 2.33. The number of aromatic nitrogens is 3. The molecule has 0 atom stereocenters. The second-order valence-electron chi connectivity index (χ2n) is 8.05. The zero-order valence-corrected chi connectivity index (χ0v) is 19.3. The smallest absolute Gasteiger partial charge is 0.336 e. The fourth-order valence-electron chi connectivity index (χ4n) is 4.41. The first-order valence-electron chi connectivity index (χ1n) is 10.5. The van der Waals surface area contributed by atoms with Gasteiger partial charge in [0.1, 0.15) is 11.3 Å². The fraction of sp³-hybridized carbons (Fsp3) is 0.154. The van der Waals surface area contributed by atoms with Crippen LogP contribution in [0.15, 0.2) is 76.3 Å². The maximum absolute atomic E-state index is 13.9. The third kappa shape index (κ3) is 3.34. The van der Waals surface area contributed by atoms with Crippen LogP contribution in [0.3, 0.4) is 0 Å². The molecular formula is C26H22ClN3O3. The summed E-state index contributed by atoms with van der Waals surface area (Å²) in [6.07, 6.45) is 0. The predicted molar refractivity (Wildman–Crippen MR) is 132 cm³/mol. The molecule has 0 bridgehead atoms. The normalized spacial score (nSPS) is 11.4. The van der Waals surface area contributed by atoms with Crippen LogP contribution in [0.25, 0.3) is 27.6 Å². The Morgan fingerprint density at radius 1 is 0.939 bits per heavy atom. The lowest BCUT2D eigenvalue weighted by atomic mass is 10.1. The van der Waals surface area contributed by atoms with Crippen molar-refractivity contribution in [2.24, 2.45) is 7.05 Å². The highest BCUT2D eigenvalue weighted by atomic mass is 35.5. The van der Waals surface area contributed by atoms with Gasteiger partial charge in [0, 0.05) is 17.5 Å². The van der Waals surface area contributed by atoms with E-state index in [2.05, 4.69) is 0 Å². The second-order valence-corrected chi connectivity index (χ2v) is 8.49. The highest BCUT2D eigenvalue weighted by Crippen LogP contribution is 2.30. The minimum absolute atomic E-state index is 0.319. The van der Waals surface area contributed by atoms with Crippen LogP contribution in [0.4, 0.5) is 0 Å². The molecule has 5 rings (SSSR count). The molecule has 7 heteroatoms. The third-order valence-electron chi connectivity index (χ3n) is 6.13. The van der Waals surface area contributed by atoms with Crippen LogP contribution in [-0.2, 0) is 13.6 Å². The number of nitrogens with zero attached hydrogens (tertiary/aromatic N) is 3. The molecule has 3 aromatic carbocycles. The predicted octanol–water partition coefficient (Wildman–Crippen LogP) is 4.66. The molecule has 6 nitrogen and oxygen atoms in total. The van der Waals surface area contributed by atoms with Crippen LogP contribution in [0.5, 0.6) is 5.75 Å². The summed E-state index contributed by atoms with van der Waals surface area (Å²) in [7, 11) is 3.43. The van der Waals surface area contributed by atoms with Crippen LogP contribution in [-0.4, -0.2) is 20.8 Å². The minimum atomic E-state index is -0.423. The van der Waals surface area contributed by atoms with Crippen molar-refractivity contribution in [2.45, 2.75) is 13.5 Å². The largest absolute Gasteiger partial charge is 0.497 e. The average Bonchev–Trinajstić information content (AvgIpc) is 3.10. The monoisotopic (exact) mass is 459 g/mol. The van der Waals surface area contributed by atoms with Gasteiger partial charge in [-0.05, 0) is 54.4 Å². The Morgan fingerprint density at radius 3 is 2.45 bits per heavy atom. The van der Waals surface area contributed by atoms with Crippen molar-refractivity contribution >= 4 is 33.5 Å². The van der Waals surface area contributed by atoms with Gasteiger partial charge in [-0.25, -0.2) is 9.36 Å². The molecule has 0 saturated heterocycles. The van der Waals surface area contributed by atoms with Crippen LogP contribution < -0.4 is 16.0 Å². The maximum Gasteiger partial charge on any atom is 0.336 e. The number of aryl methyl sites for hydroxylation is 2. The highest BCUT2D eigenvalue weighted by Gasteiger charge is 2.22. The zero-order chi connectivity index (χ0) is 23.3. The first-order chi connectivity index (χ1) is 15.9. The Balaban J connectivity index is 1.96. The molecule has 0 spiro atoms. The fourth-order valence-corrected chi connectivity index (χ4v) is 4.59. The molecule has 33 heavy (non-hydrogen) atoms. The number of halogens is 1. The van der Waals surface area contributed by atoms with Gasteiger partial charge in [0.05, 0.1) is 30.4 Å². The SMILES string of the molecule is COc1ccc2c(c1)c1c(c(=O)n(-c3cccc(Cl)c3)c(=O)n1Cc1ccccc1C)n2C. The minimum Gasteiger partial charge on any atom is -0.497 e. The quantitative estimate of drug-likeness (QED) is 0.392. The molecule has 5 aromatic rings. The first kappa shape index (κ1) is 21.1. The lowest BCUT2D eigenvalue weighted by Gasteiger charge is -2.14. The van der Waals surface area contributed by atoms with E-state index >= 15 is 0 Å². The van der Waals surface area contributed by atoms with Gasteiger partial charge in [0.2, 0.25) is 0 Å². The van der Waals surface area contributed by atoms with Crippen molar-refractivity contribution in [3.05, 3.63) is 104 Å². The Labute approximate surface area is 194 Å². The van der Waals surface area contributed by atoms with E-state index in [1.54, 1.807) is 35.9 Å². The van der Waals surface area contributed by atoms with Crippen molar-refractivity contribution in [2.75, 3.05) is 7.11 Å². The number of fused-ring (bicyclic) bond motifs is 3. The van der Waals surface area contributed by atoms with E-state index in [-0.39, 0.29) is 0 Å². The van der Waals surface area contributed by atoms with Gasteiger partial charge >= 0.3 is 5.69 Å². The molecule has 0 aliphatic rings. The molecular weight excluding hydrogens is 438 g/mol. The molecule has 0 unspecified atom stereocenters. The van der Waals surface area contributed by atoms with Gasteiger partial charge < -0.3 is 9.30 Å². The van der Waals surface area contributed by atoms with Gasteiger partial charge in [-0.3, -0.25) is 9.36 Å². The Morgan fingerprint density at radius 2 is 1.73 bits per heavy atom. The number of hydrogen-bond acceptors (Lipinski definition) is 3. The lowest BCUT2D eigenvalue weighted by molar-refractivity contribution is 0.415. The van der Waals surface area contributed by atoms with E-state index in [0.717, 1.165) is 22.0 Å². The highest BCUT2D eigenvalue weighted by molar-refractivity contribution is 6.30. The molecule has 0 radical (unpaired) electrons. The summed E-state index contributed by atoms with van der Waals surface area (Å²) in [4.78, 5) is 27.6. The third-order valence-corrected chi connectivity index (χ3v) is 6.37. The summed E-state index contributed by atoms with van der Waals surface area (Å²) in [5, 5.41) is 1.24. The van der Waals surface area contributed by atoms with Crippen molar-refractivity contribution in [3.8, 4) is 11.4 Å². The maximum atomic E-state index is 13.9. The van der Waals surface area contributed by atoms with Crippen LogP contribution in [0.1, 0.15) is 11.1 Å². The summed E-state index contributed by atoms with van der Waals surface area (Å²) in [6, 6.07) is 20.3. The first-order valence-corrected chi connectivity index (χ1v) is 10.9. The van der Waals surface area contributed by atoms with Gasteiger partial charge in [-0.1, -0.05) is 41.9 Å². The van der Waals surface area contributed by atoms with E-state index in [1.807, 2.05) is 61.0 Å². The van der Waals surface area contributed by atoms with E-state index in [4.69, 9.17) is 16.3 Å². The molecule has 0 amide bonds. The zero-order valence-electron chi connectivity index (χ0n) is 18.5. The number of methoxy groups -OCH3 is 1. The van der Waals surface area contributed by atoms with E-state index < -0.39 is 11.2 Å². The van der Waals surface area contributed by atoms with Gasteiger partial charge in [-0.2, -0.15) is 0 Å². The van der Waals surface area contributed by atoms with Crippen molar-refractivity contribution in [1.29, 1.82) is 0 Å². The average molecular weight is 460 g/mol. The van der Waals surface area contributed by atoms with Gasteiger partial charge in [0.15, 0.2) is 0 Å². The number of ether oxygens (including phenoxy) is 1.